The fourth-order valence-electron chi connectivity index (χ4n) is 4.26. The number of alkyl halides is 3. The van der Waals surface area contributed by atoms with Gasteiger partial charge < -0.3 is 24.4 Å². The van der Waals surface area contributed by atoms with E-state index >= 15 is 0 Å². The van der Waals surface area contributed by atoms with E-state index in [4.69, 9.17) is 14.2 Å². The molecule has 4 rings (SSSR count). The van der Waals surface area contributed by atoms with Crippen LogP contribution < -0.4 is 25.0 Å². The smallest absolute Gasteiger partial charge is 0.416 e. The molecule has 0 bridgehead atoms. The maximum Gasteiger partial charge on any atom is 0.416 e. The summed E-state index contributed by atoms with van der Waals surface area (Å²) in [5, 5.41) is 3.88. The highest BCUT2D eigenvalue weighted by Crippen LogP contribution is 2.35. The van der Waals surface area contributed by atoms with Crippen LogP contribution >= 0.6 is 0 Å². The third-order valence-corrected chi connectivity index (χ3v) is 6.19. The second-order valence-electron chi connectivity index (χ2n) is 9.74. The molecule has 0 radical (unpaired) electrons. The number of halogens is 3. The number of hydrazine groups is 1. The first-order chi connectivity index (χ1) is 20.6. The van der Waals surface area contributed by atoms with Gasteiger partial charge in [-0.3, -0.25) is 10.0 Å². The second-order valence-corrected chi connectivity index (χ2v) is 9.74. The summed E-state index contributed by atoms with van der Waals surface area (Å²) in [4.78, 5) is 23.4. The molecule has 2 N–H and O–H groups in total. The Balaban J connectivity index is 1.47. The van der Waals surface area contributed by atoms with Crippen LogP contribution in [0.25, 0.3) is 0 Å². The van der Waals surface area contributed by atoms with Gasteiger partial charge in [0.2, 0.25) is 0 Å². The molecule has 2 aromatic carbocycles. The third-order valence-electron chi connectivity index (χ3n) is 6.19. The SMILES string of the molecule is CCOc1cc(C2N=CC=CN2NC(=O)Nc2ccc(CN(C)C)c(C(F)(F)F)c2)cnc1OCc1ccc(OC)cc1. The molecule has 1 aromatic heterocycles. The van der Waals surface area contributed by atoms with Gasteiger partial charge in [-0.15, -0.1) is 0 Å². The topological polar surface area (TPSA) is 101 Å². The zero-order chi connectivity index (χ0) is 31.0. The number of carbonyl (C=O) groups is 1. The maximum atomic E-state index is 13.7. The van der Waals surface area contributed by atoms with Crippen LogP contribution in [0.1, 0.15) is 35.3 Å². The summed E-state index contributed by atoms with van der Waals surface area (Å²) in [6.45, 7) is 2.54. The van der Waals surface area contributed by atoms with Gasteiger partial charge in [-0.25, -0.2) is 15.2 Å². The van der Waals surface area contributed by atoms with Gasteiger partial charge in [-0.1, -0.05) is 18.2 Å². The number of hydrogen-bond donors (Lipinski definition) is 2. The highest BCUT2D eigenvalue weighted by molar-refractivity contribution is 5.89. The summed E-state index contributed by atoms with van der Waals surface area (Å²) in [7, 11) is 4.96. The number of anilines is 1. The number of nitrogens with one attached hydrogen (secondary N) is 2. The molecule has 0 fully saturated rings. The molecule has 3 aromatic rings. The lowest BCUT2D eigenvalue weighted by Gasteiger charge is -2.30. The number of pyridine rings is 1. The van der Waals surface area contributed by atoms with Crippen LogP contribution in [-0.2, 0) is 19.3 Å². The Morgan fingerprint density at radius 1 is 1.09 bits per heavy atom. The lowest BCUT2D eigenvalue weighted by molar-refractivity contribution is -0.138. The van der Waals surface area contributed by atoms with Crippen LogP contribution in [0, 0.1) is 0 Å². The Morgan fingerprint density at radius 3 is 2.53 bits per heavy atom. The Labute approximate surface area is 247 Å². The molecule has 2 heterocycles. The molecule has 0 aliphatic carbocycles. The molecule has 1 aliphatic rings. The number of benzene rings is 2. The molecular weight excluding hydrogens is 565 g/mol. The number of methoxy groups -OCH3 is 1. The number of hydrogen-bond acceptors (Lipinski definition) is 8. The first-order valence-corrected chi connectivity index (χ1v) is 13.4. The highest BCUT2D eigenvalue weighted by atomic mass is 19.4. The van der Waals surface area contributed by atoms with E-state index in [2.05, 4.69) is 20.7 Å². The first-order valence-electron chi connectivity index (χ1n) is 13.4. The molecule has 1 unspecified atom stereocenters. The van der Waals surface area contributed by atoms with E-state index in [1.165, 1.54) is 17.1 Å². The monoisotopic (exact) mass is 598 g/mol. The molecule has 228 valence electrons. The molecule has 13 heteroatoms. The summed E-state index contributed by atoms with van der Waals surface area (Å²) >= 11 is 0. The molecule has 1 atom stereocenters. The van der Waals surface area contributed by atoms with Crippen LogP contribution in [0.2, 0.25) is 0 Å². The summed E-state index contributed by atoms with van der Waals surface area (Å²) in [5.41, 5.74) is 3.39. The van der Waals surface area contributed by atoms with Crippen LogP contribution in [0.5, 0.6) is 17.4 Å². The van der Waals surface area contributed by atoms with Crippen molar-refractivity contribution in [2.45, 2.75) is 32.4 Å². The van der Waals surface area contributed by atoms with Gasteiger partial charge >= 0.3 is 12.2 Å². The molecule has 10 nitrogen and oxygen atoms in total. The van der Waals surface area contributed by atoms with E-state index in [1.807, 2.05) is 31.2 Å². The number of ether oxygens (including phenoxy) is 3. The minimum absolute atomic E-state index is 0.00738. The first kappa shape index (κ1) is 31.2. The molecule has 2 amide bonds. The predicted octanol–water partition coefficient (Wildman–Crippen LogP) is 5.78. The summed E-state index contributed by atoms with van der Waals surface area (Å²) in [6.07, 6.45) is 0.994. The quantitative estimate of drug-likeness (QED) is 0.289. The van der Waals surface area contributed by atoms with E-state index < -0.39 is 23.9 Å². The van der Waals surface area contributed by atoms with E-state index in [0.29, 0.717) is 17.9 Å². The van der Waals surface area contributed by atoms with Crippen molar-refractivity contribution in [3.8, 4) is 17.4 Å². The van der Waals surface area contributed by atoms with Gasteiger partial charge in [-0.05, 0) is 68.6 Å². The van der Waals surface area contributed by atoms with Crippen LogP contribution in [-0.4, -0.2) is 55.0 Å². The normalized spacial score (nSPS) is 14.5. The molecule has 1 aliphatic heterocycles. The number of carbonyl (C=O) groups excluding carboxylic acids is 1. The van der Waals surface area contributed by atoms with Crippen molar-refractivity contribution >= 4 is 17.9 Å². The fraction of sp³-hybridized carbons (Fsp3) is 0.300. The number of amides is 2. The van der Waals surface area contributed by atoms with Crippen molar-refractivity contribution < 1.29 is 32.2 Å². The predicted molar refractivity (Wildman–Crippen MR) is 156 cm³/mol. The Bertz CT molecular complexity index is 1460. The van der Waals surface area contributed by atoms with E-state index in [-0.39, 0.29) is 30.3 Å². The molecular formula is C30H33F3N6O4. The van der Waals surface area contributed by atoms with Crippen LogP contribution in [0.15, 0.2) is 72.0 Å². The zero-order valence-corrected chi connectivity index (χ0v) is 24.2. The van der Waals surface area contributed by atoms with Gasteiger partial charge in [0.25, 0.3) is 5.88 Å². The lowest BCUT2D eigenvalue weighted by Crippen LogP contribution is -2.43. The fourth-order valence-corrected chi connectivity index (χ4v) is 4.26. The van der Waals surface area contributed by atoms with Gasteiger partial charge in [0.15, 0.2) is 11.9 Å². The maximum absolute atomic E-state index is 13.7. The van der Waals surface area contributed by atoms with Crippen molar-refractivity contribution in [1.82, 2.24) is 20.3 Å². The zero-order valence-electron chi connectivity index (χ0n) is 24.2. The Hall–Kier alpha value is -4.78. The molecule has 0 saturated heterocycles. The minimum Gasteiger partial charge on any atom is -0.497 e. The van der Waals surface area contributed by atoms with Crippen molar-refractivity contribution in [2.75, 3.05) is 33.1 Å². The number of nitrogens with zero attached hydrogens (tertiary/aromatic N) is 4. The summed E-state index contributed by atoms with van der Waals surface area (Å²) in [6, 6.07) is 12.1. The average molecular weight is 599 g/mol. The number of aromatic nitrogens is 1. The number of allylic oxidation sites excluding steroid dienone is 1. The van der Waals surface area contributed by atoms with Gasteiger partial charge in [0.05, 0.1) is 19.3 Å². The summed E-state index contributed by atoms with van der Waals surface area (Å²) in [5.74, 6) is 1.41. The second kappa shape index (κ2) is 13.9. The minimum atomic E-state index is -4.58. The van der Waals surface area contributed by atoms with Crippen LogP contribution in [0.4, 0.5) is 23.7 Å². The van der Waals surface area contributed by atoms with E-state index in [0.717, 1.165) is 17.4 Å². The van der Waals surface area contributed by atoms with Crippen molar-refractivity contribution in [1.29, 1.82) is 0 Å². The van der Waals surface area contributed by atoms with Crippen molar-refractivity contribution in [3.63, 3.8) is 0 Å². The standard InChI is InChI=1S/C30H33F3N6O4/c1-5-42-26-15-22(17-35-28(26)43-19-20-7-11-24(41-4)12-8-20)27-34-13-6-14-39(27)37-29(40)36-23-10-9-21(18-38(2)3)25(16-23)30(31,32)33/h6-17,27H,5,18-19H2,1-4H3,(H2,36,37,40). The van der Waals surface area contributed by atoms with Gasteiger partial charge in [0.1, 0.15) is 12.4 Å². The number of aliphatic imine (C=N–C) groups is 1. The van der Waals surface area contributed by atoms with E-state index in [9.17, 15) is 18.0 Å². The highest BCUT2D eigenvalue weighted by Gasteiger charge is 2.34. The average Bonchev–Trinajstić information content (AvgIpc) is 2.97. The molecule has 43 heavy (non-hydrogen) atoms. The third kappa shape index (κ3) is 8.38. The van der Waals surface area contributed by atoms with Gasteiger partial charge in [-0.2, -0.15) is 13.2 Å². The Morgan fingerprint density at radius 2 is 1.86 bits per heavy atom. The largest absolute Gasteiger partial charge is 0.497 e. The van der Waals surface area contributed by atoms with E-state index in [1.54, 1.807) is 56.9 Å². The van der Waals surface area contributed by atoms with Crippen LogP contribution in [0.3, 0.4) is 0 Å². The van der Waals surface area contributed by atoms with Gasteiger partial charge in [0, 0.05) is 36.4 Å². The lowest BCUT2D eigenvalue weighted by atomic mass is 10.1. The van der Waals surface area contributed by atoms with Crippen molar-refractivity contribution in [2.24, 2.45) is 4.99 Å². The van der Waals surface area contributed by atoms with Crippen molar-refractivity contribution in [3.05, 3.63) is 89.3 Å². The molecule has 0 spiro atoms. The number of urea groups is 1. The number of rotatable bonds is 11. The molecule has 0 saturated carbocycles. The summed E-state index contributed by atoms with van der Waals surface area (Å²) < 4.78 is 58.0. The Kier molecular flexibility index (Phi) is 10.1.